The van der Waals surface area contributed by atoms with E-state index in [1.165, 1.54) is 6.20 Å². The Morgan fingerprint density at radius 1 is 1.18 bits per heavy atom. The highest BCUT2D eigenvalue weighted by Crippen LogP contribution is 2.13. The van der Waals surface area contributed by atoms with Crippen LogP contribution in [-0.2, 0) is 6.42 Å². The van der Waals surface area contributed by atoms with E-state index in [1.807, 2.05) is 30.3 Å². The minimum atomic E-state index is 0.0412. The number of aryl methyl sites for hydroxylation is 1. The van der Waals surface area contributed by atoms with Crippen molar-refractivity contribution in [2.75, 3.05) is 5.73 Å². The number of anilines is 1. The molecular formula is C14H14N2O. The van der Waals surface area contributed by atoms with Crippen LogP contribution in [-0.4, -0.2) is 10.8 Å². The van der Waals surface area contributed by atoms with Crippen molar-refractivity contribution in [2.24, 2.45) is 0 Å². The van der Waals surface area contributed by atoms with Crippen molar-refractivity contribution in [2.45, 2.75) is 12.8 Å². The van der Waals surface area contributed by atoms with Gasteiger partial charge in [-0.3, -0.25) is 9.78 Å². The lowest BCUT2D eigenvalue weighted by atomic mass is 10.0. The van der Waals surface area contributed by atoms with Crippen LogP contribution in [0, 0.1) is 0 Å². The van der Waals surface area contributed by atoms with Crippen molar-refractivity contribution in [1.29, 1.82) is 0 Å². The molecule has 0 spiro atoms. The van der Waals surface area contributed by atoms with Gasteiger partial charge in [0.05, 0.1) is 5.56 Å². The molecule has 2 aromatic rings. The third-order valence-electron chi connectivity index (χ3n) is 2.64. The fraction of sp³-hybridized carbons (Fsp3) is 0.143. The van der Waals surface area contributed by atoms with Gasteiger partial charge in [0.1, 0.15) is 0 Å². The summed E-state index contributed by atoms with van der Waals surface area (Å²) in [6.45, 7) is 0. The van der Waals surface area contributed by atoms with Crippen molar-refractivity contribution in [3.8, 4) is 0 Å². The summed E-state index contributed by atoms with van der Waals surface area (Å²) in [4.78, 5) is 15.8. The maximum Gasteiger partial charge on any atom is 0.166 e. The van der Waals surface area contributed by atoms with E-state index in [1.54, 1.807) is 12.3 Å². The van der Waals surface area contributed by atoms with E-state index < -0.39 is 0 Å². The highest BCUT2D eigenvalue weighted by atomic mass is 16.1. The van der Waals surface area contributed by atoms with Gasteiger partial charge in [-0.1, -0.05) is 30.3 Å². The number of hydrogen-bond acceptors (Lipinski definition) is 3. The minimum Gasteiger partial charge on any atom is -0.398 e. The van der Waals surface area contributed by atoms with Gasteiger partial charge in [0, 0.05) is 24.5 Å². The third kappa shape index (κ3) is 2.91. The first-order valence-corrected chi connectivity index (χ1v) is 5.54. The average molecular weight is 226 g/mol. The summed E-state index contributed by atoms with van der Waals surface area (Å²) in [5, 5.41) is 0. The Bertz CT molecular complexity index is 509. The van der Waals surface area contributed by atoms with Crippen LogP contribution in [0.25, 0.3) is 0 Å². The first-order chi connectivity index (χ1) is 8.27. The predicted molar refractivity (Wildman–Crippen MR) is 67.7 cm³/mol. The van der Waals surface area contributed by atoms with Gasteiger partial charge in [0.25, 0.3) is 0 Å². The molecule has 3 nitrogen and oxygen atoms in total. The van der Waals surface area contributed by atoms with Crippen LogP contribution in [0.2, 0.25) is 0 Å². The Labute approximate surface area is 100 Å². The van der Waals surface area contributed by atoms with E-state index in [0.717, 1.165) is 12.0 Å². The zero-order valence-corrected chi connectivity index (χ0v) is 9.47. The molecule has 3 heteroatoms. The molecule has 1 aromatic heterocycles. The number of ketones is 1. The van der Waals surface area contributed by atoms with E-state index in [4.69, 9.17) is 5.73 Å². The number of aromatic nitrogens is 1. The van der Waals surface area contributed by atoms with Crippen molar-refractivity contribution < 1.29 is 4.79 Å². The molecule has 0 aliphatic carbocycles. The van der Waals surface area contributed by atoms with Crippen LogP contribution >= 0.6 is 0 Å². The molecule has 1 heterocycles. The quantitative estimate of drug-likeness (QED) is 0.815. The monoisotopic (exact) mass is 226 g/mol. The number of nitrogens with zero attached hydrogens (tertiary/aromatic N) is 1. The summed E-state index contributed by atoms with van der Waals surface area (Å²) < 4.78 is 0. The molecule has 0 aliphatic heterocycles. The summed E-state index contributed by atoms with van der Waals surface area (Å²) in [5.74, 6) is 0.0412. The third-order valence-corrected chi connectivity index (χ3v) is 2.64. The number of carbonyl (C=O) groups is 1. The first-order valence-electron chi connectivity index (χ1n) is 5.54. The highest BCUT2D eigenvalue weighted by Gasteiger charge is 2.09. The number of benzene rings is 1. The van der Waals surface area contributed by atoms with Crippen molar-refractivity contribution in [3.63, 3.8) is 0 Å². The summed E-state index contributed by atoms with van der Waals surface area (Å²) in [6.07, 6.45) is 4.31. The fourth-order valence-corrected chi connectivity index (χ4v) is 1.68. The van der Waals surface area contributed by atoms with E-state index in [0.29, 0.717) is 17.7 Å². The number of rotatable bonds is 4. The van der Waals surface area contributed by atoms with Crippen molar-refractivity contribution in [1.82, 2.24) is 4.98 Å². The van der Waals surface area contributed by atoms with Crippen LogP contribution in [0.15, 0.2) is 48.8 Å². The fourth-order valence-electron chi connectivity index (χ4n) is 1.68. The number of Topliss-reactive ketones (excluding diaryl/α,β-unsaturated/α-hetero) is 1. The smallest absolute Gasteiger partial charge is 0.166 e. The van der Waals surface area contributed by atoms with Gasteiger partial charge in [-0.25, -0.2) is 0 Å². The predicted octanol–water partition coefficient (Wildman–Crippen LogP) is 2.48. The second kappa shape index (κ2) is 5.25. The first kappa shape index (κ1) is 11.3. The second-order valence-corrected chi connectivity index (χ2v) is 3.87. The van der Waals surface area contributed by atoms with Crippen LogP contribution in [0.4, 0.5) is 5.69 Å². The standard InChI is InChI=1S/C14H14N2O/c15-13-8-9-16-10-12(13)14(17)7-6-11-4-2-1-3-5-11/h1-5,8-10H,6-7H2,(H2,15,16). The van der Waals surface area contributed by atoms with Gasteiger partial charge >= 0.3 is 0 Å². The zero-order valence-electron chi connectivity index (χ0n) is 9.47. The Morgan fingerprint density at radius 2 is 1.94 bits per heavy atom. The van der Waals surface area contributed by atoms with Gasteiger partial charge < -0.3 is 5.73 Å². The topological polar surface area (TPSA) is 56.0 Å². The van der Waals surface area contributed by atoms with Crippen molar-refractivity contribution >= 4 is 11.5 Å². The van der Waals surface area contributed by atoms with Gasteiger partial charge in [-0.05, 0) is 18.1 Å². The zero-order chi connectivity index (χ0) is 12.1. The average Bonchev–Trinajstić information content (AvgIpc) is 2.38. The molecule has 86 valence electrons. The lowest BCUT2D eigenvalue weighted by molar-refractivity contribution is 0.0983. The molecule has 0 saturated carbocycles. The molecule has 0 unspecified atom stereocenters. The van der Waals surface area contributed by atoms with E-state index in [2.05, 4.69) is 4.98 Å². The molecule has 0 fully saturated rings. The molecule has 0 saturated heterocycles. The SMILES string of the molecule is Nc1ccncc1C(=O)CCc1ccccc1. The normalized spacial score (nSPS) is 10.1. The Balaban J connectivity index is 2.01. The van der Waals surface area contributed by atoms with Gasteiger partial charge in [0.2, 0.25) is 0 Å². The molecule has 2 rings (SSSR count). The number of hydrogen-bond donors (Lipinski definition) is 1. The molecule has 0 atom stereocenters. The Kier molecular flexibility index (Phi) is 3.50. The molecule has 17 heavy (non-hydrogen) atoms. The molecular weight excluding hydrogens is 212 g/mol. The number of nitrogen functional groups attached to an aromatic ring is 1. The molecule has 1 aromatic carbocycles. The maximum atomic E-state index is 11.9. The molecule has 2 N–H and O–H groups in total. The number of carbonyl (C=O) groups excluding carboxylic acids is 1. The Morgan fingerprint density at radius 3 is 2.65 bits per heavy atom. The highest BCUT2D eigenvalue weighted by molar-refractivity contribution is 6.00. The lowest BCUT2D eigenvalue weighted by Gasteiger charge is -2.03. The number of nitrogens with two attached hydrogens (primary N) is 1. The molecule has 0 amide bonds. The van der Waals surface area contributed by atoms with Crippen molar-refractivity contribution in [3.05, 3.63) is 59.9 Å². The molecule has 0 aliphatic rings. The summed E-state index contributed by atoms with van der Waals surface area (Å²) in [6, 6.07) is 11.6. The van der Waals surface area contributed by atoms with E-state index >= 15 is 0 Å². The minimum absolute atomic E-state index is 0.0412. The lowest BCUT2D eigenvalue weighted by Crippen LogP contribution is -2.05. The van der Waals surface area contributed by atoms with Crippen LogP contribution < -0.4 is 5.73 Å². The van der Waals surface area contributed by atoms with E-state index in [-0.39, 0.29) is 5.78 Å². The van der Waals surface area contributed by atoms with Gasteiger partial charge in [-0.2, -0.15) is 0 Å². The van der Waals surface area contributed by atoms with E-state index in [9.17, 15) is 4.79 Å². The van der Waals surface area contributed by atoms with Gasteiger partial charge in [0.15, 0.2) is 5.78 Å². The molecule has 0 bridgehead atoms. The number of pyridine rings is 1. The van der Waals surface area contributed by atoms with Crippen LogP contribution in [0.1, 0.15) is 22.3 Å². The van der Waals surface area contributed by atoms with Crippen LogP contribution in [0.5, 0.6) is 0 Å². The second-order valence-electron chi connectivity index (χ2n) is 3.87. The Hall–Kier alpha value is -2.16. The summed E-state index contributed by atoms with van der Waals surface area (Å²) in [7, 11) is 0. The summed E-state index contributed by atoms with van der Waals surface area (Å²) in [5.41, 5.74) is 7.90. The molecule has 0 radical (unpaired) electrons. The summed E-state index contributed by atoms with van der Waals surface area (Å²) >= 11 is 0. The van der Waals surface area contributed by atoms with Gasteiger partial charge in [-0.15, -0.1) is 0 Å². The maximum absolute atomic E-state index is 11.9. The van der Waals surface area contributed by atoms with Crippen LogP contribution in [0.3, 0.4) is 0 Å². The largest absolute Gasteiger partial charge is 0.398 e.